The average Bonchev–Trinajstić information content (AvgIpc) is 2.70. The third kappa shape index (κ3) is 3.06. The number of hydrogen-bond donors (Lipinski definition) is 1. The summed E-state index contributed by atoms with van der Waals surface area (Å²) in [5.74, 6) is 0.315. The van der Waals surface area contributed by atoms with E-state index in [0.717, 1.165) is 12.8 Å². The summed E-state index contributed by atoms with van der Waals surface area (Å²) in [7, 11) is 0. The molecule has 0 aliphatic carbocycles. The van der Waals surface area contributed by atoms with E-state index in [2.05, 4.69) is 4.90 Å². The van der Waals surface area contributed by atoms with Gasteiger partial charge in [0.15, 0.2) is 0 Å². The first-order chi connectivity index (χ1) is 10.0. The van der Waals surface area contributed by atoms with Crippen molar-refractivity contribution < 1.29 is 9.59 Å². The van der Waals surface area contributed by atoms with E-state index in [1.807, 2.05) is 9.80 Å². The molecular formula is C15H26N4O2. The van der Waals surface area contributed by atoms with E-state index < -0.39 is 0 Å². The van der Waals surface area contributed by atoms with Gasteiger partial charge in [0.1, 0.15) is 0 Å². The van der Waals surface area contributed by atoms with Gasteiger partial charge in [0, 0.05) is 51.2 Å². The van der Waals surface area contributed by atoms with Gasteiger partial charge in [-0.1, -0.05) is 0 Å². The number of hydrogen-bond acceptors (Lipinski definition) is 4. The molecule has 2 amide bonds. The van der Waals surface area contributed by atoms with Gasteiger partial charge in [-0.2, -0.15) is 0 Å². The van der Waals surface area contributed by atoms with Gasteiger partial charge >= 0.3 is 0 Å². The Morgan fingerprint density at radius 2 is 1.52 bits per heavy atom. The smallest absolute Gasteiger partial charge is 0.236 e. The number of piperidine rings is 1. The monoisotopic (exact) mass is 294 g/mol. The topological polar surface area (TPSA) is 69.9 Å². The highest BCUT2D eigenvalue weighted by atomic mass is 16.2. The maximum Gasteiger partial charge on any atom is 0.236 e. The molecule has 0 aromatic rings. The molecule has 0 radical (unpaired) electrons. The molecule has 0 spiro atoms. The number of rotatable bonds is 2. The predicted molar refractivity (Wildman–Crippen MR) is 79.6 cm³/mol. The van der Waals surface area contributed by atoms with Crippen molar-refractivity contribution in [1.82, 2.24) is 14.7 Å². The van der Waals surface area contributed by atoms with Crippen LogP contribution in [0.15, 0.2) is 0 Å². The normalized spacial score (nSPS) is 33.3. The number of fused-ring (bicyclic) bond motifs is 2. The van der Waals surface area contributed by atoms with Crippen LogP contribution in [0.25, 0.3) is 0 Å². The Labute approximate surface area is 126 Å². The van der Waals surface area contributed by atoms with Gasteiger partial charge in [-0.3, -0.25) is 14.5 Å². The number of nitrogens with zero attached hydrogens (tertiary/aromatic N) is 3. The molecule has 3 fully saturated rings. The van der Waals surface area contributed by atoms with E-state index >= 15 is 0 Å². The maximum atomic E-state index is 12.5. The van der Waals surface area contributed by atoms with Crippen LogP contribution in [0.1, 0.15) is 32.6 Å². The Hall–Kier alpha value is -1.14. The highest BCUT2D eigenvalue weighted by molar-refractivity contribution is 5.79. The third-order valence-electron chi connectivity index (χ3n) is 5.32. The van der Waals surface area contributed by atoms with Gasteiger partial charge in [0.25, 0.3) is 0 Å². The molecule has 0 saturated carbocycles. The van der Waals surface area contributed by atoms with Crippen LogP contribution in [0.2, 0.25) is 0 Å². The molecule has 6 heteroatoms. The van der Waals surface area contributed by atoms with Crippen molar-refractivity contribution in [3.63, 3.8) is 0 Å². The van der Waals surface area contributed by atoms with Crippen LogP contribution in [0.5, 0.6) is 0 Å². The van der Waals surface area contributed by atoms with Crippen LogP contribution < -0.4 is 5.73 Å². The molecule has 3 rings (SSSR count). The van der Waals surface area contributed by atoms with Crippen molar-refractivity contribution in [2.75, 3.05) is 32.7 Å². The zero-order valence-electron chi connectivity index (χ0n) is 12.8. The van der Waals surface area contributed by atoms with E-state index in [1.54, 1.807) is 6.92 Å². The molecule has 0 aromatic carbocycles. The first-order valence-electron chi connectivity index (χ1n) is 8.09. The molecular weight excluding hydrogens is 268 g/mol. The summed E-state index contributed by atoms with van der Waals surface area (Å²) in [6.45, 7) is 4.79. The first kappa shape index (κ1) is 14.8. The Morgan fingerprint density at radius 1 is 1.00 bits per heavy atom. The zero-order valence-corrected chi connectivity index (χ0v) is 12.8. The molecule has 2 bridgehead atoms. The Morgan fingerprint density at radius 3 is 2.05 bits per heavy atom. The summed E-state index contributed by atoms with van der Waals surface area (Å²) in [6, 6.07) is 1.32. The lowest BCUT2D eigenvalue weighted by Gasteiger charge is -2.39. The maximum absolute atomic E-state index is 12.5. The molecule has 3 saturated heterocycles. The van der Waals surface area contributed by atoms with E-state index in [9.17, 15) is 9.59 Å². The fourth-order valence-electron chi connectivity index (χ4n) is 4.10. The molecule has 3 heterocycles. The van der Waals surface area contributed by atoms with Crippen LogP contribution >= 0.6 is 0 Å². The first-order valence-corrected chi connectivity index (χ1v) is 8.09. The van der Waals surface area contributed by atoms with E-state index in [1.165, 1.54) is 12.8 Å². The Bertz CT molecular complexity index is 406. The van der Waals surface area contributed by atoms with Crippen LogP contribution in [-0.4, -0.2) is 77.4 Å². The van der Waals surface area contributed by atoms with Crippen molar-refractivity contribution in [1.29, 1.82) is 0 Å². The molecule has 6 nitrogen and oxygen atoms in total. The number of nitrogens with two attached hydrogens (primary N) is 1. The molecule has 3 aliphatic heterocycles. The molecule has 3 aliphatic rings. The SMILES string of the molecule is CC(=O)N1CCN(C(=O)CN2C3CCC2CC(N)C3)CC1. The van der Waals surface area contributed by atoms with Gasteiger partial charge in [-0.05, 0) is 25.7 Å². The second-order valence-electron chi connectivity index (χ2n) is 6.68. The number of carbonyl (C=O) groups excluding carboxylic acids is 2. The lowest BCUT2D eigenvalue weighted by Crippen LogP contribution is -2.55. The molecule has 2 unspecified atom stereocenters. The van der Waals surface area contributed by atoms with E-state index in [0.29, 0.717) is 50.8 Å². The summed E-state index contributed by atoms with van der Waals surface area (Å²) in [5.41, 5.74) is 6.08. The average molecular weight is 294 g/mol. The minimum atomic E-state index is 0.102. The van der Waals surface area contributed by atoms with Crippen LogP contribution in [-0.2, 0) is 9.59 Å². The highest BCUT2D eigenvalue weighted by Crippen LogP contribution is 2.34. The standard InChI is InChI=1S/C15H26N4O2/c1-11(20)17-4-6-18(7-5-17)15(21)10-19-13-2-3-14(19)9-12(16)8-13/h12-14H,2-10,16H2,1H3. The van der Waals surface area contributed by atoms with Crippen molar-refractivity contribution in [2.24, 2.45) is 5.73 Å². The number of carbonyl (C=O) groups is 2. The quantitative estimate of drug-likeness (QED) is 0.754. The summed E-state index contributed by atoms with van der Waals surface area (Å²) < 4.78 is 0. The van der Waals surface area contributed by atoms with Crippen molar-refractivity contribution in [3.05, 3.63) is 0 Å². The molecule has 0 aromatic heterocycles. The second-order valence-corrected chi connectivity index (χ2v) is 6.68. The van der Waals surface area contributed by atoms with Crippen molar-refractivity contribution in [3.8, 4) is 0 Å². The largest absolute Gasteiger partial charge is 0.339 e. The van der Waals surface area contributed by atoms with Gasteiger partial charge in [-0.15, -0.1) is 0 Å². The van der Waals surface area contributed by atoms with Crippen LogP contribution in [0, 0.1) is 0 Å². The number of piperazine rings is 1. The predicted octanol–water partition coefficient (Wildman–Crippen LogP) is -0.369. The lowest BCUT2D eigenvalue weighted by atomic mass is 9.98. The second kappa shape index (κ2) is 5.93. The van der Waals surface area contributed by atoms with Gasteiger partial charge in [0.05, 0.1) is 6.54 Å². The van der Waals surface area contributed by atoms with Gasteiger partial charge in [0.2, 0.25) is 11.8 Å². The summed E-state index contributed by atoms with van der Waals surface area (Å²) in [6.07, 6.45) is 4.43. The highest BCUT2D eigenvalue weighted by Gasteiger charge is 2.40. The fourth-order valence-corrected chi connectivity index (χ4v) is 4.10. The summed E-state index contributed by atoms with van der Waals surface area (Å²) >= 11 is 0. The third-order valence-corrected chi connectivity index (χ3v) is 5.32. The Kier molecular flexibility index (Phi) is 4.17. The minimum Gasteiger partial charge on any atom is -0.339 e. The van der Waals surface area contributed by atoms with Gasteiger partial charge < -0.3 is 15.5 Å². The lowest BCUT2D eigenvalue weighted by molar-refractivity contribution is -0.140. The summed E-state index contributed by atoms with van der Waals surface area (Å²) in [4.78, 5) is 29.9. The van der Waals surface area contributed by atoms with Crippen molar-refractivity contribution >= 4 is 11.8 Å². The zero-order chi connectivity index (χ0) is 15.0. The molecule has 2 N–H and O–H groups in total. The molecule has 2 atom stereocenters. The van der Waals surface area contributed by atoms with Gasteiger partial charge in [-0.25, -0.2) is 0 Å². The number of amides is 2. The van der Waals surface area contributed by atoms with Crippen molar-refractivity contribution in [2.45, 2.75) is 50.7 Å². The summed E-state index contributed by atoms with van der Waals surface area (Å²) in [5, 5.41) is 0. The van der Waals surface area contributed by atoms with E-state index in [-0.39, 0.29) is 11.8 Å². The Balaban J connectivity index is 1.52. The minimum absolute atomic E-state index is 0.102. The molecule has 118 valence electrons. The molecule has 21 heavy (non-hydrogen) atoms. The van der Waals surface area contributed by atoms with Crippen LogP contribution in [0.3, 0.4) is 0 Å². The van der Waals surface area contributed by atoms with Crippen LogP contribution in [0.4, 0.5) is 0 Å². The van der Waals surface area contributed by atoms with E-state index in [4.69, 9.17) is 5.73 Å². The fraction of sp³-hybridized carbons (Fsp3) is 0.867.